The van der Waals surface area contributed by atoms with Gasteiger partial charge in [0.15, 0.2) is 5.82 Å². The van der Waals surface area contributed by atoms with Crippen LogP contribution in [-0.4, -0.2) is 34.0 Å². The zero-order valence-electron chi connectivity index (χ0n) is 14.8. The minimum Gasteiger partial charge on any atom is -0.355 e. The lowest BCUT2D eigenvalue weighted by molar-refractivity contribution is 0.0964. The maximum absolute atomic E-state index is 12.5. The second-order valence-corrected chi connectivity index (χ2v) is 5.90. The highest BCUT2D eigenvalue weighted by molar-refractivity contribution is 6.09. The second kappa shape index (κ2) is 7.18. The van der Waals surface area contributed by atoms with Gasteiger partial charge in [-0.2, -0.15) is 5.10 Å². The van der Waals surface area contributed by atoms with E-state index in [1.54, 1.807) is 43.4 Å². The van der Waals surface area contributed by atoms with Crippen molar-refractivity contribution in [2.75, 3.05) is 12.4 Å². The van der Waals surface area contributed by atoms with Gasteiger partial charge in [-0.25, -0.2) is 4.98 Å². The molecule has 2 aromatic carbocycles. The first kappa shape index (κ1) is 17.3. The molecular formula is C19H19N5O2. The number of nitrogens with one attached hydrogen (secondary N) is 3. The lowest BCUT2D eigenvalue weighted by Gasteiger charge is -2.11. The zero-order chi connectivity index (χ0) is 18.7. The summed E-state index contributed by atoms with van der Waals surface area (Å²) in [6.07, 6.45) is 0. The molecule has 0 atom stereocenters. The van der Waals surface area contributed by atoms with E-state index in [1.165, 1.54) is 0 Å². The number of H-pyrrole nitrogens is 1. The van der Waals surface area contributed by atoms with Crippen LogP contribution >= 0.6 is 0 Å². The lowest BCUT2D eigenvalue weighted by Crippen LogP contribution is -2.21. The third kappa shape index (κ3) is 3.61. The number of carbonyl (C=O) groups is 2. The molecule has 3 N–H and O–H groups in total. The van der Waals surface area contributed by atoms with Crippen molar-refractivity contribution in [2.45, 2.75) is 13.8 Å². The van der Waals surface area contributed by atoms with Gasteiger partial charge >= 0.3 is 0 Å². The summed E-state index contributed by atoms with van der Waals surface area (Å²) in [5.74, 6) is 0.758. The number of hydrogen-bond donors (Lipinski definition) is 3. The molecule has 2 amide bonds. The third-order valence-electron chi connectivity index (χ3n) is 3.90. The SMILES string of the molecule is CNC(=O)c1cc(C)ccc1NC(=O)c1ccc(-c2n[nH]c(C)n2)cc1. The Balaban J connectivity index is 1.81. The molecular weight excluding hydrogens is 330 g/mol. The van der Waals surface area contributed by atoms with E-state index < -0.39 is 0 Å². The molecule has 0 radical (unpaired) electrons. The predicted octanol–water partition coefficient (Wildman–Crippen LogP) is 2.70. The molecule has 0 aliphatic heterocycles. The molecule has 0 unspecified atom stereocenters. The van der Waals surface area contributed by atoms with E-state index in [-0.39, 0.29) is 11.8 Å². The van der Waals surface area contributed by atoms with Crippen LogP contribution in [0.3, 0.4) is 0 Å². The number of nitrogens with zero attached hydrogens (tertiary/aromatic N) is 2. The van der Waals surface area contributed by atoms with Crippen LogP contribution in [-0.2, 0) is 0 Å². The Hall–Kier alpha value is -3.48. The van der Waals surface area contributed by atoms with Crippen LogP contribution in [0.4, 0.5) is 5.69 Å². The molecule has 0 saturated carbocycles. The quantitative estimate of drug-likeness (QED) is 0.674. The molecule has 1 heterocycles. The summed E-state index contributed by atoms with van der Waals surface area (Å²) in [6.45, 7) is 3.71. The van der Waals surface area contributed by atoms with E-state index in [9.17, 15) is 9.59 Å². The normalized spacial score (nSPS) is 10.4. The average Bonchev–Trinajstić information content (AvgIpc) is 3.09. The summed E-state index contributed by atoms with van der Waals surface area (Å²) in [5, 5.41) is 12.3. The van der Waals surface area contributed by atoms with E-state index in [1.807, 2.05) is 19.9 Å². The van der Waals surface area contributed by atoms with E-state index in [4.69, 9.17) is 0 Å². The Kier molecular flexibility index (Phi) is 4.79. The molecule has 3 aromatic rings. The summed E-state index contributed by atoms with van der Waals surface area (Å²) >= 11 is 0. The largest absolute Gasteiger partial charge is 0.355 e. The van der Waals surface area contributed by atoms with Crippen molar-refractivity contribution >= 4 is 17.5 Å². The summed E-state index contributed by atoms with van der Waals surface area (Å²) in [5.41, 5.74) is 3.12. The van der Waals surface area contributed by atoms with Crippen molar-refractivity contribution in [1.29, 1.82) is 0 Å². The Morgan fingerprint density at radius 2 is 1.73 bits per heavy atom. The smallest absolute Gasteiger partial charge is 0.255 e. The van der Waals surface area contributed by atoms with Gasteiger partial charge in [0.1, 0.15) is 5.82 Å². The summed E-state index contributed by atoms with van der Waals surface area (Å²) < 4.78 is 0. The summed E-state index contributed by atoms with van der Waals surface area (Å²) in [4.78, 5) is 28.8. The van der Waals surface area contributed by atoms with Crippen molar-refractivity contribution in [3.8, 4) is 11.4 Å². The number of aromatic nitrogens is 3. The van der Waals surface area contributed by atoms with Crippen molar-refractivity contribution in [3.05, 3.63) is 65.0 Å². The molecule has 132 valence electrons. The Morgan fingerprint density at radius 3 is 2.35 bits per heavy atom. The molecule has 0 fully saturated rings. The minimum atomic E-state index is -0.295. The number of rotatable bonds is 4. The van der Waals surface area contributed by atoms with Gasteiger partial charge in [0.2, 0.25) is 0 Å². The van der Waals surface area contributed by atoms with Crippen LogP contribution in [0.15, 0.2) is 42.5 Å². The van der Waals surface area contributed by atoms with Crippen molar-refractivity contribution in [1.82, 2.24) is 20.5 Å². The topological polar surface area (TPSA) is 99.8 Å². The van der Waals surface area contributed by atoms with Crippen LogP contribution in [0.2, 0.25) is 0 Å². The fraction of sp³-hybridized carbons (Fsp3) is 0.158. The van der Waals surface area contributed by atoms with Gasteiger partial charge in [0, 0.05) is 18.2 Å². The number of hydrogen-bond acceptors (Lipinski definition) is 4. The molecule has 0 aliphatic carbocycles. The highest BCUT2D eigenvalue weighted by Gasteiger charge is 2.14. The number of aryl methyl sites for hydroxylation is 2. The Labute approximate surface area is 150 Å². The van der Waals surface area contributed by atoms with Crippen LogP contribution < -0.4 is 10.6 Å². The van der Waals surface area contributed by atoms with E-state index in [0.29, 0.717) is 22.6 Å². The molecule has 0 saturated heterocycles. The Bertz CT molecular complexity index is 960. The first-order valence-corrected chi connectivity index (χ1v) is 8.11. The first-order valence-electron chi connectivity index (χ1n) is 8.11. The fourth-order valence-electron chi connectivity index (χ4n) is 2.53. The van der Waals surface area contributed by atoms with Crippen LogP contribution in [0, 0.1) is 13.8 Å². The highest BCUT2D eigenvalue weighted by Crippen LogP contribution is 2.20. The van der Waals surface area contributed by atoms with Crippen molar-refractivity contribution < 1.29 is 9.59 Å². The van der Waals surface area contributed by atoms with E-state index in [0.717, 1.165) is 17.0 Å². The Morgan fingerprint density at radius 1 is 1.00 bits per heavy atom. The van der Waals surface area contributed by atoms with Gasteiger partial charge < -0.3 is 10.6 Å². The van der Waals surface area contributed by atoms with Crippen molar-refractivity contribution in [2.24, 2.45) is 0 Å². The van der Waals surface area contributed by atoms with Crippen LogP contribution in [0.1, 0.15) is 32.1 Å². The van der Waals surface area contributed by atoms with Gasteiger partial charge in [0.25, 0.3) is 11.8 Å². The molecule has 7 heteroatoms. The summed E-state index contributed by atoms with van der Waals surface area (Å²) in [7, 11) is 1.56. The molecule has 0 bridgehead atoms. The fourth-order valence-corrected chi connectivity index (χ4v) is 2.53. The number of aromatic amines is 1. The average molecular weight is 349 g/mol. The maximum atomic E-state index is 12.5. The molecule has 3 rings (SSSR count). The molecule has 26 heavy (non-hydrogen) atoms. The number of anilines is 1. The second-order valence-electron chi connectivity index (χ2n) is 5.90. The van der Waals surface area contributed by atoms with Gasteiger partial charge in [-0.05, 0) is 38.1 Å². The predicted molar refractivity (Wildman–Crippen MR) is 99.1 cm³/mol. The van der Waals surface area contributed by atoms with Crippen molar-refractivity contribution in [3.63, 3.8) is 0 Å². The van der Waals surface area contributed by atoms with E-state index >= 15 is 0 Å². The molecule has 1 aromatic heterocycles. The van der Waals surface area contributed by atoms with E-state index in [2.05, 4.69) is 25.8 Å². The maximum Gasteiger partial charge on any atom is 0.255 e. The first-order chi connectivity index (χ1) is 12.5. The molecule has 0 spiro atoms. The zero-order valence-corrected chi connectivity index (χ0v) is 14.8. The lowest BCUT2D eigenvalue weighted by atomic mass is 10.1. The standard InChI is InChI=1S/C19H19N5O2/c1-11-4-9-16(15(10-11)19(26)20-3)22-18(25)14-7-5-13(6-8-14)17-21-12(2)23-24-17/h4-10H,1-3H3,(H,20,26)(H,22,25)(H,21,23,24). The van der Waals surface area contributed by atoms with Gasteiger partial charge in [-0.3, -0.25) is 14.7 Å². The number of benzene rings is 2. The van der Waals surface area contributed by atoms with Crippen LogP contribution in [0.25, 0.3) is 11.4 Å². The third-order valence-corrected chi connectivity index (χ3v) is 3.90. The van der Waals surface area contributed by atoms with Gasteiger partial charge in [-0.1, -0.05) is 23.8 Å². The molecule has 0 aliphatic rings. The highest BCUT2D eigenvalue weighted by atomic mass is 16.2. The number of carbonyl (C=O) groups excluding carboxylic acids is 2. The monoisotopic (exact) mass is 349 g/mol. The molecule has 7 nitrogen and oxygen atoms in total. The van der Waals surface area contributed by atoms with Gasteiger partial charge in [0.05, 0.1) is 11.3 Å². The van der Waals surface area contributed by atoms with Crippen LogP contribution in [0.5, 0.6) is 0 Å². The van der Waals surface area contributed by atoms with Gasteiger partial charge in [-0.15, -0.1) is 0 Å². The summed E-state index contributed by atoms with van der Waals surface area (Å²) in [6, 6.07) is 12.3. The number of amides is 2. The minimum absolute atomic E-state index is 0.251.